The first-order chi connectivity index (χ1) is 6.00. The third-order valence-electron chi connectivity index (χ3n) is 0. The molecule has 0 aliphatic heterocycles. The Hall–Kier alpha value is 0.386. The fraction of sp³-hybridized carbons (Fsp3) is 0. The van der Waals surface area contributed by atoms with E-state index in [1.54, 1.807) is 0 Å². The normalized spacial score (nSPS) is 0.750. The molecule has 0 bridgehead atoms. The Bertz CT molecular complexity index is 108. The molecule has 80 valence electrons. The van der Waals surface area contributed by atoms with Gasteiger partial charge in [0.05, 0.1) is 0 Å². The van der Waals surface area contributed by atoms with Gasteiger partial charge < -0.3 is 0 Å². The Morgan fingerprint density at radius 1 is 0.438 bits per heavy atom. The van der Waals surface area contributed by atoms with Gasteiger partial charge in [-0.1, -0.05) is 0 Å². The monoisotopic (exact) mass is 318 g/mol. The third-order valence-corrected chi connectivity index (χ3v) is 0. The second kappa shape index (κ2) is 21400. The molecule has 0 radical (unpaired) electrons. The van der Waals surface area contributed by atoms with Gasteiger partial charge in [0, 0.05) is 56.5 Å². The van der Waals surface area contributed by atoms with Crippen LogP contribution in [0, 0.1) is 71.0 Å². The summed E-state index contributed by atoms with van der Waals surface area (Å²) in [5, 5.41) is 39.0. The van der Waals surface area contributed by atoms with Crippen LogP contribution in [0.2, 0.25) is 0 Å². The Morgan fingerprint density at radius 2 is 0.438 bits per heavy atom. The Morgan fingerprint density at radius 3 is 0.438 bits per heavy atom. The van der Waals surface area contributed by atoms with Gasteiger partial charge in [-0.2, -0.15) is 0 Å². The minimum atomic E-state index is 0. The fourth-order valence-electron chi connectivity index (χ4n) is 0. The van der Waals surface area contributed by atoms with Crippen LogP contribution < -0.4 is 0 Å². The second-order valence-electron chi connectivity index (χ2n) is 0. The van der Waals surface area contributed by atoms with Crippen LogP contribution in [0.25, 0.3) is 0 Å². The van der Waals surface area contributed by atoms with Crippen LogP contribution >= 0.6 is 12.4 Å². The predicted molar refractivity (Wildman–Crippen MR) is 61.6 cm³/mol. The van der Waals surface area contributed by atoms with Gasteiger partial charge in [-0.3, -0.25) is 0 Å². The van der Waals surface area contributed by atoms with E-state index in [9.17, 15) is 0 Å². The van der Waals surface area contributed by atoms with Crippen LogP contribution in [0.4, 0.5) is 0 Å². The molecular formula is C6H9ClFeKN6Na. The zero-order valence-corrected chi connectivity index (χ0v) is 8.83. The standard InChI is InChI=1S/6CHN.ClH.Fe.K.Na.2H/c6*1-2;;;;;;/h6*1H;1H;;;;;. The van der Waals surface area contributed by atoms with Crippen molar-refractivity contribution in [2.75, 3.05) is 0 Å². The molecule has 0 aromatic heterocycles. The van der Waals surface area contributed by atoms with E-state index in [0.29, 0.717) is 0 Å². The van der Waals surface area contributed by atoms with Crippen molar-refractivity contribution < 1.29 is 17.1 Å². The van der Waals surface area contributed by atoms with E-state index in [-0.39, 0.29) is 110 Å². The van der Waals surface area contributed by atoms with Gasteiger partial charge in [0.15, 0.2) is 0 Å². The summed E-state index contributed by atoms with van der Waals surface area (Å²) in [4.78, 5) is 0. The van der Waals surface area contributed by atoms with E-state index >= 15 is 0 Å². The summed E-state index contributed by atoms with van der Waals surface area (Å²) in [6, 6.07) is 0. The molecule has 0 fully saturated rings. The summed E-state index contributed by atoms with van der Waals surface area (Å²) in [6.07, 6.45) is 0. The van der Waals surface area contributed by atoms with Crippen molar-refractivity contribution in [3.63, 3.8) is 0 Å². The van der Waals surface area contributed by atoms with Gasteiger partial charge in [-0.05, 0) is 0 Å². The summed E-state index contributed by atoms with van der Waals surface area (Å²) in [6.45, 7) is 21.0. The first-order valence-corrected chi connectivity index (χ1v) is 1.55. The van der Waals surface area contributed by atoms with Crippen molar-refractivity contribution in [2.45, 2.75) is 0 Å². The van der Waals surface area contributed by atoms with Gasteiger partial charge in [-0.25, -0.2) is 31.6 Å². The van der Waals surface area contributed by atoms with E-state index in [2.05, 4.69) is 39.4 Å². The van der Waals surface area contributed by atoms with Crippen molar-refractivity contribution in [2.24, 2.45) is 0 Å². The molecule has 10 heteroatoms. The molecule has 0 aromatic carbocycles. The third kappa shape index (κ3) is 17300. The first-order valence-electron chi connectivity index (χ1n) is 1.55. The summed E-state index contributed by atoms with van der Waals surface area (Å²) >= 11 is 0. The first kappa shape index (κ1) is 95.1. The minimum absolute atomic E-state index is 0. The molecule has 0 unspecified atom stereocenters. The topological polar surface area (TPSA) is 143 Å². The van der Waals surface area contributed by atoms with E-state index in [0.717, 1.165) is 0 Å². The van der Waals surface area contributed by atoms with Crippen LogP contribution in [0.5, 0.6) is 0 Å². The fourth-order valence-corrected chi connectivity index (χ4v) is 0. The van der Waals surface area contributed by atoms with Gasteiger partial charge in [0.25, 0.3) is 0 Å². The van der Waals surface area contributed by atoms with E-state index in [1.807, 2.05) is 0 Å². The van der Waals surface area contributed by atoms with Crippen LogP contribution in [-0.2, 0) is 17.1 Å². The Labute approximate surface area is 178 Å². The van der Waals surface area contributed by atoms with Gasteiger partial charge >= 0.3 is 80.9 Å². The molecule has 16 heavy (non-hydrogen) atoms. The number of hydrogen-bond acceptors (Lipinski definition) is 6. The van der Waals surface area contributed by atoms with E-state index < -0.39 is 0 Å². The van der Waals surface area contributed by atoms with E-state index in [1.165, 1.54) is 0 Å². The van der Waals surface area contributed by atoms with Gasteiger partial charge in [-0.15, -0.1) is 12.4 Å². The number of halogens is 1. The molecule has 0 heterocycles. The Balaban J connectivity index is -0.00000000321. The summed E-state index contributed by atoms with van der Waals surface area (Å²) in [7, 11) is 0. The predicted octanol–water partition coefficient (Wildman–Crippen LogP) is -0.0390. The zero-order chi connectivity index (χ0) is 12.0. The second-order valence-corrected chi connectivity index (χ2v) is 0. The number of nitriles is 6. The van der Waals surface area contributed by atoms with Crippen molar-refractivity contribution >= 4 is 93.3 Å². The van der Waals surface area contributed by atoms with Crippen molar-refractivity contribution in [1.29, 1.82) is 31.6 Å². The molecule has 0 saturated heterocycles. The van der Waals surface area contributed by atoms with Crippen LogP contribution in [0.1, 0.15) is 0 Å². The van der Waals surface area contributed by atoms with E-state index in [4.69, 9.17) is 31.6 Å². The number of rotatable bonds is 0. The SMILES string of the molecule is C#N.C#N.C#N.C#N.C#N.C#N.Cl.[Fe].[KH].[NaH]. The van der Waals surface area contributed by atoms with Crippen molar-refractivity contribution in [3.8, 4) is 39.4 Å². The molecule has 0 saturated carbocycles. The molecule has 0 aromatic rings. The molecule has 0 aliphatic rings. The molecule has 6 nitrogen and oxygen atoms in total. The number of hydrogen-bond donors (Lipinski definition) is 0. The molecule has 0 amide bonds. The summed E-state index contributed by atoms with van der Waals surface area (Å²) in [5.41, 5.74) is 0. The zero-order valence-electron chi connectivity index (χ0n) is 6.91. The quantitative estimate of drug-likeness (QED) is 0.573. The molecule has 0 N–H and O–H groups in total. The van der Waals surface area contributed by atoms with Crippen molar-refractivity contribution in [3.05, 3.63) is 0 Å². The average molecular weight is 319 g/mol. The van der Waals surface area contributed by atoms with Gasteiger partial charge in [0.1, 0.15) is 0 Å². The number of nitrogens with zero attached hydrogens (tertiary/aromatic N) is 6. The van der Waals surface area contributed by atoms with Crippen LogP contribution in [0.15, 0.2) is 0 Å². The molecule has 0 atom stereocenters. The molecule has 0 rings (SSSR count). The average Bonchev–Trinajstić information content (AvgIpc) is 2.33. The summed E-state index contributed by atoms with van der Waals surface area (Å²) < 4.78 is 0. The molecular weight excluding hydrogens is 309 g/mol. The van der Waals surface area contributed by atoms with Gasteiger partial charge in [0.2, 0.25) is 0 Å². The Kier molecular flexibility index (Phi) is 127000. The maximum atomic E-state index is 6.50. The summed E-state index contributed by atoms with van der Waals surface area (Å²) in [5.74, 6) is 0. The maximum absolute atomic E-state index is 6.50. The van der Waals surface area contributed by atoms with Crippen LogP contribution in [-0.4, -0.2) is 80.9 Å². The molecule has 0 aliphatic carbocycles. The molecule has 0 spiro atoms. The van der Waals surface area contributed by atoms with Crippen molar-refractivity contribution in [1.82, 2.24) is 0 Å². The van der Waals surface area contributed by atoms with Crippen LogP contribution in [0.3, 0.4) is 0 Å².